The zero-order valence-electron chi connectivity index (χ0n) is 16.8. The molecule has 1 aliphatic carbocycles. The summed E-state index contributed by atoms with van der Waals surface area (Å²) in [5.41, 5.74) is 1.38. The number of hydrogen-bond donors (Lipinski definition) is 0. The van der Waals surface area contributed by atoms with Crippen LogP contribution in [-0.4, -0.2) is 11.7 Å². The number of rotatable bonds is 2. The predicted molar refractivity (Wildman–Crippen MR) is 108 cm³/mol. The Morgan fingerprint density at radius 2 is 1.57 bits per heavy atom. The lowest BCUT2D eigenvalue weighted by Gasteiger charge is -2.43. The monoisotopic (exact) mass is 413 g/mol. The number of anilines is 1. The molecule has 30 heavy (non-hydrogen) atoms. The molecule has 2 aliphatic rings. The third-order valence-electron chi connectivity index (χ3n) is 5.80. The number of benzene rings is 2. The molecule has 0 radical (unpaired) electrons. The average molecular weight is 413 g/mol. The molecule has 3 nitrogen and oxygen atoms in total. The number of ketones is 1. The molecule has 4 rings (SSSR count). The largest absolute Gasteiger partial charge is 0.416 e. The maximum absolute atomic E-state index is 13.2. The number of hydrogen-bond acceptors (Lipinski definition) is 2. The zero-order chi connectivity index (χ0) is 21.7. The lowest BCUT2D eigenvalue weighted by Crippen LogP contribution is -2.43. The van der Waals surface area contributed by atoms with E-state index >= 15 is 0 Å². The van der Waals surface area contributed by atoms with Crippen LogP contribution < -0.4 is 4.90 Å². The van der Waals surface area contributed by atoms with E-state index in [-0.39, 0.29) is 29.4 Å². The van der Waals surface area contributed by atoms with Gasteiger partial charge in [0.1, 0.15) is 0 Å². The van der Waals surface area contributed by atoms with Gasteiger partial charge in [-0.2, -0.15) is 13.2 Å². The third kappa shape index (κ3) is 3.66. The number of Topliss-reactive ketones (excluding diaryl/α,β-unsaturated/α-hetero) is 1. The molecule has 156 valence electrons. The molecule has 1 atom stereocenters. The maximum Gasteiger partial charge on any atom is 0.416 e. The van der Waals surface area contributed by atoms with Gasteiger partial charge in [-0.15, -0.1) is 0 Å². The Morgan fingerprint density at radius 3 is 2.17 bits per heavy atom. The van der Waals surface area contributed by atoms with Crippen LogP contribution in [0.4, 0.5) is 18.9 Å². The summed E-state index contributed by atoms with van der Waals surface area (Å²) in [6.45, 7) is 3.94. The van der Waals surface area contributed by atoms with Crippen molar-refractivity contribution in [2.45, 2.75) is 45.2 Å². The Labute approximate surface area is 173 Å². The summed E-state index contributed by atoms with van der Waals surface area (Å²) in [7, 11) is 0. The number of nitrogens with zero attached hydrogens (tertiary/aromatic N) is 1. The fourth-order valence-corrected chi connectivity index (χ4v) is 4.48. The molecule has 0 saturated carbocycles. The number of carbonyl (C=O) groups is 2. The van der Waals surface area contributed by atoms with E-state index in [2.05, 4.69) is 0 Å². The molecular weight excluding hydrogens is 391 g/mol. The van der Waals surface area contributed by atoms with Gasteiger partial charge in [0, 0.05) is 35.7 Å². The third-order valence-corrected chi connectivity index (χ3v) is 5.80. The predicted octanol–water partition coefficient (Wildman–Crippen LogP) is 5.87. The highest BCUT2D eigenvalue weighted by Gasteiger charge is 2.44. The molecule has 0 unspecified atom stereocenters. The molecule has 0 saturated heterocycles. The lowest BCUT2D eigenvalue weighted by atomic mass is 9.69. The molecule has 0 N–H and O–H groups in total. The second-order valence-corrected chi connectivity index (χ2v) is 8.74. The Bertz CT molecular complexity index is 1020. The van der Waals surface area contributed by atoms with Gasteiger partial charge in [0.05, 0.1) is 5.56 Å². The second kappa shape index (κ2) is 7.11. The van der Waals surface area contributed by atoms with Crippen LogP contribution in [0.3, 0.4) is 0 Å². The van der Waals surface area contributed by atoms with E-state index in [1.165, 1.54) is 17.0 Å². The van der Waals surface area contributed by atoms with Crippen LogP contribution in [0.2, 0.25) is 0 Å². The van der Waals surface area contributed by atoms with Crippen molar-refractivity contribution < 1.29 is 22.8 Å². The molecule has 0 aromatic heterocycles. The first kappa shape index (κ1) is 20.4. The smallest absolute Gasteiger partial charge is 0.294 e. The number of carbonyl (C=O) groups excluding carboxylic acids is 2. The summed E-state index contributed by atoms with van der Waals surface area (Å²) in [6, 6.07) is 14.0. The van der Waals surface area contributed by atoms with Crippen molar-refractivity contribution in [3.8, 4) is 0 Å². The Hall–Kier alpha value is -2.89. The van der Waals surface area contributed by atoms with E-state index < -0.39 is 11.7 Å². The van der Waals surface area contributed by atoms with Gasteiger partial charge in [0.25, 0.3) is 0 Å². The Morgan fingerprint density at radius 1 is 0.933 bits per heavy atom. The average Bonchev–Trinajstić information content (AvgIpc) is 2.66. The summed E-state index contributed by atoms with van der Waals surface area (Å²) in [5.74, 6) is -0.546. The van der Waals surface area contributed by atoms with Gasteiger partial charge < -0.3 is 0 Å². The summed E-state index contributed by atoms with van der Waals surface area (Å²) in [5, 5.41) is 0. The van der Waals surface area contributed by atoms with Crippen molar-refractivity contribution >= 4 is 17.4 Å². The molecule has 2 aromatic rings. The molecule has 1 heterocycles. The van der Waals surface area contributed by atoms with Crippen LogP contribution in [0.1, 0.15) is 50.2 Å². The second-order valence-electron chi connectivity index (χ2n) is 8.74. The highest BCUT2D eigenvalue weighted by atomic mass is 19.4. The molecule has 1 amide bonds. The van der Waals surface area contributed by atoms with E-state index in [0.717, 1.165) is 17.7 Å². The van der Waals surface area contributed by atoms with Crippen LogP contribution >= 0.6 is 0 Å². The summed E-state index contributed by atoms with van der Waals surface area (Å²) < 4.78 is 38.9. The van der Waals surface area contributed by atoms with Crippen molar-refractivity contribution in [3.05, 3.63) is 77.0 Å². The lowest BCUT2D eigenvalue weighted by molar-refractivity contribution is -0.137. The number of amides is 1. The molecule has 2 aromatic carbocycles. The minimum Gasteiger partial charge on any atom is -0.294 e. The van der Waals surface area contributed by atoms with Crippen LogP contribution in [0.5, 0.6) is 0 Å². The fraction of sp³-hybridized carbons (Fsp3) is 0.333. The minimum atomic E-state index is -4.45. The van der Waals surface area contributed by atoms with Gasteiger partial charge in [0.15, 0.2) is 5.78 Å². The summed E-state index contributed by atoms with van der Waals surface area (Å²) in [6.07, 6.45) is -3.46. The zero-order valence-corrected chi connectivity index (χ0v) is 16.8. The number of alkyl halides is 3. The van der Waals surface area contributed by atoms with Crippen molar-refractivity contribution in [1.82, 2.24) is 0 Å². The van der Waals surface area contributed by atoms with Crippen LogP contribution in [0, 0.1) is 5.41 Å². The van der Waals surface area contributed by atoms with Gasteiger partial charge in [-0.25, -0.2) is 0 Å². The first-order valence-electron chi connectivity index (χ1n) is 9.88. The molecule has 1 aliphatic heterocycles. The van der Waals surface area contributed by atoms with Gasteiger partial charge in [-0.05, 0) is 41.7 Å². The number of allylic oxidation sites excluding steroid dienone is 2. The topological polar surface area (TPSA) is 37.4 Å². The molecule has 6 heteroatoms. The first-order valence-corrected chi connectivity index (χ1v) is 9.88. The molecular formula is C24H22F3NO2. The van der Waals surface area contributed by atoms with Gasteiger partial charge in [-0.1, -0.05) is 44.2 Å². The molecule has 0 bridgehead atoms. The van der Waals surface area contributed by atoms with Gasteiger partial charge >= 0.3 is 6.18 Å². The first-order chi connectivity index (χ1) is 14.1. The van der Waals surface area contributed by atoms with E-state index in [9.17, 15) is 22.8 Å². The van der Waals surface area contributed by atoms with E-state index in [4.69, 9.17) is 0 Å². The number of halogens is 3. The summed E-state index contributed by atoms with van der Waals surface area (Å²) >= 11 is 0. The van der Waals surface area contributed by atoms with Crippen LogP contribution in [-0.2, 0) is 15.8 Å². The molecule has 0 spiro atoms. The normalized spacial score (nSPS) is 21.6. The van der Waals surface area contributed by atoms with Gasteiger partial charge in [-0.3, -0.25) is 14.5 Å². The maximum atomic E-state index is 13.2. The standard InChI is InChI=1S/C24H22F3NO2/c1-23(2)13-19-22(20(29)14-23)18(15-6-4-3-5-7-15)12-21(30)28(19)17-10-8-16(9-11-17)24(25,26)27/h3-11,18H,12-14H2,1-2H3/t18-/m0/s1. The van der Waals surface area contributed by atoms with Crippen molar-refractivity contribution in [2.24, 2.45) is 5.41 Å². The van der Waals surface area contributed by atoms with Crippen LogP contribution in [0.15, 0.2) is 65.9 Å². The SMILES string of the molecule is CC1(C)CC(=O)C2=C(C1)N(c1ccc(C(F)(F)F)cc1)C(=O)C[C@H]2c1ccccc1. The van der Waals surface area contributed by atoms with Crippen molar-refractivity contribution in [3.63, 3.8) is 0 Å². The molecule has 0 fully saturated rings. The quantitative estimate of drug-likeness (QED) is 0.618. The van der Waals surface area contributed by atoms with Gasteiger partial charge in [0.2, 0.25) is 5.91 Å². The van der Waals surface area contributed by atoms with E-state index in [1.807, 2.05) is 44.2 Å². The Balaban J connectivity index is 1.84. The minimum absolute atomic E-state index is 0.000449. The highest BCUT2D eigenvalue weighted by Crippen LogP contribution is 2.48. The van der Waals surface area contributed by atoms with Crippen molar-refractivity contribution in [1.29, 1.82) is 0 Å². The summed E-state index contributed by atoms with van der Waals surface area (Å²) in [4.78, 5) is 27.8. The highest BCUT2D eigenvalue weighted by molar-refractivity contribution is 6.07. The van der Waals surface area contributed by atoms with E-state index in [0.29, 0.717) is 29.8 Å². The van der Waals surface area contributed by atoms with E-state index in [1.54, 1.807) is 0 Å². The Kier molecular flexibility index (Phi) is 4.83. The van der Waals surface area contributed by atoms with Crippen molar-refractivity contribution in [2.75, 3.05) is 4.90 Å². The van der Waals surface area contributed by atoms with Crippen LogP contribution in [0.25, 0.3) is 0 Å². The fourth-order valence-electron chi connectivity index (χ4n) is 4.48.